The van der Waals surface area contributed by atoms with Crippen molar-refractivity contribution in [3.8, 4) is 0 Å². The van der Waals surface area contributed by atoms with E-state index in [1.807, 2.05) is 0 Å². The fraction of sp³-hybridized carbons (Fsp3) is 0.444. The lowest BCUT2D eigenvalue weighted by Crippen LogP contribution is -2.08. The molecule has 0 saturated carbocycles. The van der Waals surface area contributed by atoms with Gasteiger partial charge in [-0.2, -0.15) is 0 Å². The van der Waals surface area contributed by atoms with Crippen molar-refractivity contribution in [3.05, 3.63) is 23.8 Å². The Morgan fingerprint density at radius 3 is 3.09 bits per heavy atom. The minimum absolute atomic E-state index is 0.557. The predicted molar refractivity (Wildman–Crippen MR) is 45.2 cm³/mol. The zero-order valence-corrected chi connectivity index (χ0v) is 6.83. The highest BCUT2D eigenvalue weighted by molar-refractivity contribution is 5.51. The Hall–Kier alpha value is -1.05. The molecule has 1 N–H and O–H groups in total. The van der Waals surface area contributed by atoms with Crippen molar-refractivity contribution in [2.24, 2.45) is 5.92 Å². The quantitative estimate of drug-likeness (QED) is 0.600. The van der Waals surface area contributed by atoms with Gasteiger partial charge in [0.15, 0.2) is 0 Å². The Kier molecular flexibility index (Phi) is 1.34. The number of rotatable bonds is 0. The Morgan fingerprint density at radius 2 is 2.27 bits per heavy atom. The topological polar surface area (TPSA) is 28.7 Å². The molecule has 2 rings (SSSR count). The molecule has 0 saturated heterocycles. The van der Waals surface area contributed by atoms with Gasteiger partial charge in [-0.15, -0.1) is 0 Å². The number of nitrogens with one attached hydrogen (secondary N) is 1. The van der Waals surface area contributed by atoms with E-state index in [0.717, 1.165) is 0 Å². The molecule has 0 spiro atoms. The van der Waals surface area contributed by atoms with Crippen molar-refractivity contribution in [2.45, 2.75) is 19.8 Å². The van der Waals surface area contributed by atoms with E-state index >= 15 is 0 Å². The summed E-state index contributed by atoms with van der Waals surface area (Å²) in [6.07, 6.45) is 6.11. The molecule has 1 heterocycles. The summed E-state index contributed by atoms with van der Waals surface area (Å²) in [7, 11) is 0. The van der Waals surface area contributed by atoms with Crippen LogP contribution in [0, 0.1) is 5.92 Å². The maximum absolute atomic E-state index is 4.28. The van der Waals surface area contributed by atoms with Crippen LogP contribution in [0.1, 0.15) is 31.2 Å². The summed E-state index contributed by atoms with van der Waals surface area (Å²) in [5.41, 5.74) is 2.38. The Bertz CT molecular complexity index is 286. The number of fused-ring (bicyclic) bond motifs is 1. The molecular weight excluding hydrogens is 136 g/mol. The highest BCUT2D eigenvalue weighted by Gasteiger charge is 2.20. The van der Waals surface area contributed by atoms with Gasteiger partial charge in [0, 0.05) is 5.92 Å². The molecule has 0 fully saturated rings. The van der Waals surface area contributed by atoms with Gasteiger partial charge < -0.3 is 4.98 Å². The lowest BCUT2D eigenvalue weighted by atomic mass is 9.87. The Balaban J connectivity index is 2.48. The van der Waals surface area contributed by atoms with Crippen molar-refractivity contribution >= 4 is 6.08 Å². The van der Waals surface area contributed by atoms with Crippen LogP contribution in [0.25, 0.3) is 6.08 Å². The lowest BCUT2D eigenvalue weighted by molar-refractivity contribution is 0.573. The van der Waals surface area contributed by atoms with Gasteiger partial charge in [-0.25, -0.2) is 4.98 Å². The van der Waals surface area contributed by atoms with E-state index in [-0.39, 0.29) is 0 Å². The van der Waals surface area contributed by atoms with Gasteiger partial charge in [0.25, 0.3) is 0 Å². The molecule has 2 heteroatoms. The van der Waals surface area contributed by atoms with Crippen molar-refractivity contribution in [3.63, 3.8) is 0 Å². The van der Waals surface area contributed by atoms with Crippen LogP contribution in [0.2, 0.25) is 0 Å². The fourth-order valence-electron chi connectivity index (χ4n) is 1.47. The molecule has 0 amide bonds. The summed E-state index contributed by atoms with van der Waals surface area (Å²) in [6, 6.07) is 0. The second-order valence-corrected chi connectivity index (χ2v) is 3.21. The van der Waals surface area contributed by atoms with Crippen LogP contribution >= 0.6 is 0 Å². The van der Waals surface area contributed by atoms with E-state index < -0.39 is 0 Å². The maximum Gasteiger partial charge on any atom is 0.0927 e. The minimum atomic E-state index is 0.557. The normalized spacial score (nSPS) is 28.5. The molecule has 0 radical (unpaired) electrons. The summed E-state index contributed by atoms with van der Waals surface area (Å²) >= 11 is 0. The van der Waals surface area contributed by atoms with Gasteiger partial charge in [-0.3, -0.25) is 0 Å². The van der Waals surface area contributed by atoms with Crippen molar-refractivity contribution < 1.29 is 0 Å². The Morgan fingerprint density at radius 1 is 1.45 bits per heavy atom. The summed E-state index contributed by atoms with van der Waals surface area (Å²) < 4.78 is 0. The monoisotopic (exact) mass is 148 g/mol. The summed E-state index contributed by atoms with van der Waals surface area (Å²) in [4.78, 5) is 7.39. The first-order valence-corrected chi connectivity index (χ1v) is 4.00. The predicted octanol–water partition coefficient (Wildman–Crippen LogP) is 2.18. The van der Waals surface area contributed by atoms with E-state index in [1.165, 1.54) is 11.4 Å². The third-order valence-corrected chi connectivity index (χ3v) is 2.49. The molecule has 2 atom stereocenters. The van der Waals surface area contributed by atoms with Crippen molar-refractivity contribution in [1.82, 2.24) is 9.97 Å². The molecule has 0 aromatic carbocycles. The van der Waals surface area contributed by atoms with Gasteiger partial charge >= 0.3 is 0 Å². The first-order chi connectivity index (χ1) is 5.29. The molecule has 1 aliphatic rings. The van der Waals surface area contributed by atoms with Gasteiger partial charge in [0.1, 0.15) is 0 Å². The molecule has 1 aromatic rings. The number of hydrogen-bond acceptors (Lipinski definition) is 1. The van der Waals surface area contributed by atoms with Crippen LogP contribution in [-0.4, -0.2) is 9.97 Å². The third-order valence-electron chi connectivity index (χ3n) is 2.49. The minimum Gasteiger partial charge on any atom is -0.345 e. The molecule has 1 aromatic heterocycles. The van der Waals surface area contributed by atoms with E-state index in [4.69, 9.17) is 0 Å². The van der Waals surface area contributed by atoms with Crippen LogP contribution < -0.4 is 0 Å². The largest absolute Gasteiger partial charge is 0.345 e. The molecule has 0 bridgehead atoms. The van der Waals surface area contributed by atoms with Crippen molar-refractivity contribution in [2.75, 3.05) is 0 Å². The van der Waals surface area contributed by atoms with Gasteiger partial charge in [-0.05, 0) is 12.0 Å². The number of H-pyrrole nitrogens is 1. The summed E-state index contributed by atoms with van der Waals surface area (Å²) in [6.45, 7) is 4.44. The number of imidazole rings is 1. The van der Waals surface area contributed by atoms with E-state index in [1.54, 1.807) is 6.33 Å². The highest BCUT2D eigenvalue weighted by Crippen LogP contribution is 2.30. The van der Waals surface area contributed by atoms with Crippen LogP contribution in [0.3, 0.4) is 0 Å². The van der Waals surface area contributed by atoms with Crippen LogP contribution in [0.4, 0.5) is 0 Å². The molecule has 58 valence electrons. The second-order valence-electron chi connectivity index (χ2n) is 3.21. The number of nitrogens with zero attached hydrogens (tertiary/aromatic N) is 1. The van der Waals surface area contributed by atoms with Gasteiger partial charge in [0.2, 0.25) is 0 Å². The highest BCUT2D eigenvalue weighted by atomic mass is 14.9. The number of allylic oxidation sites excluding steroid dienone is 1. The number of aromatic amines is 1. The van der Waals surface area contributed by atoms with E-state index in [0.29, 0.717) is 11.8 Å². The smallest absolute Gasteiger partial charge is 0.0927 e. The average Bonchev–Trinajstić information content (AvgIpc) is 2.45. The zero-order valence-electron chi connectivity index (χ0n) is 6.83. The number of aromatic nitrogens is 2. The van der Waals surface area contributed by atoms with E-state index in [9.17, 15) is 0 Å². The molecule has 1 aliphatic carbocycles. The zero-order chi connectivity index (χ0) is 7.84. The van der Waals surface area contributed by atoms with Crippen LogP contribution in [0.15, 0.2) is 12.4 Å². The lowest BCUT2D eigenvalue weighted by Gasteiger charge is -2.18. The van der Waals surface area contributed by atoms with Gasteiger partial charge in [-0.1, -0.05) is 19.9 Å². The van der Waals surface area contributed by atoms with Gasteiger partial charge in [0.05, 0.1) is 17.7 Å². The van der Waals surface area contributed by atoms with E-state index in [2.05, 4.69) is 36.0 Å². The summed E-state index contributed by atoms with van der Waals surface area (Å²) in [5.74, 6) is 1.17. The second kappa shape index (κ2) is 2.22. The average molecular weight is 148 g/mol. The Labute approximate surface area is 66.4 Å². The number of hydrogen-bond donors (Lipinski definition) is 1. The summed E-state index contributed by atoms with van der Waals surface area (Å²) in [5, 5.41) is 0. The first kappa shape index (κ1) is 6.65. The molecular formula is C9H12N2. The molecule has 2 nitrogen and oxygen atoms in total. The molecule has 2 unspecified atom stereocenters. The van der Waals surface area contributed by atoms with Crippen LogP contribution in [-0.2, 0) is 0 Å². The third kappa shape index (κ3) is 0.897. The first-order valence-electron chi connectivity index (χ1n) is 4.00. The maximum atomic E-state index is 4.28. The van der Waals surface area contributed by atoms with Crippen LogP contribution in [0.5, 0.6) is 0 Å². The van der Waals surface area contributed by atoms with Crippen molar-refractivity contribution in [1.29, 1.82) is 0 Å². The standard InChI is InChI=1S/C9H12N2/c1-6-3-4-8-9(7(6)2)11-5-10-8/h3-7H,1-2H3,(H,10,11). The SMILES string of the molecule is CC1C=Cc2[nH]cnc2C1C. The molecule has 11 heavy (non-hydrogen) atoms. The molecule has 0 aliphatic heterocycles. The fourth-order valence-corrected chi connectivity index (χ4v) is 1.47.